The van der Waals surface area contributed by atoms with Crippen molar-refractivity contribution in [3.63, 3.8) is 0 Å². The summed E-state index contributed by atoms with van der Waals surface area (Å²) in [7, 11) is -0.786. The average molecular weight is 920 g/mol. The van der Waals surface area contributed by atoms with E-state index in [2.05, 4.69) is 142 Å². The Morgan fingerprint density at radius 3 is 1.91 bits per heavy atom. The molecule has 2 aliphatic heterocycles. The number of rotatable bonds is 4. The van der Waals surface area contributed by atoms with Crippen molar-refractivity contribution in [1.82, 2.24) is 0 Å². The molecule has 3 atom stereocenters. The fraction of sp³-hybridized carbons (Fsp3) is 0.0556. The molecule has 0 radical (unpaired) electrons. The number of allylic oxidation sites excluding steroid dienone is 2. The summed E-state index contributed by atoms with van der Waals surface area (Å²) in [4.78, 5) is 0. The van der Waals surface area contributed by atoms with Gasteiger partial charge in [-0.3, -0.25) is 0 Å². The van der Waals surface area contributed by atoms with Crippen LogP contribution in [0.25, 0.3) is 12.2 Å². The molecule has 0 saturated heterocycles. The molecule has 0 saturated carbocycles. The largest absolute Gasteiger partial charge is 1.00 e. The Morgan fingerprint density at radius 2 is 1.19 bits per heavy atom. The minimum atomic E-state index is -1.17. The second-order valence-electron chi connectivity index (χ2n) is 10.6. The van der Waals surface area contributed by atoms with E-state index in [1.54, 1.807) is 18.7 Å². The van der Waals surface area contributed by atoms with Crippen LogP contribution in [0.5, 0.6) is 0 Å². The van der Waals surface area contributed by atoms with Gasteiger partial charge in [0, 0.05) is 0 Å². The van der Waals surface area contributed by atoms with Crippen LogP contribution in [0.4, 0.5) is 4.39 Å². The Hall–Kier alpha value is -1.14. The Balaban J connectivity index is 0.00000165. The number of fused-ring (bicyclic) bond motifs is 3. The standard InChI is InChI=1S/C21H12FIP.C15H10I.2ClH.Zr/c22-14-3-7-16(8-4-14)24-15-5-1-13(2-6-15)17-9-10-18-20(24)12-11-19(23)21(17)18;16-14-8-4-7-12-9-10-13(15(12)14)11-5-2-1-3-6-11;;;/h1-8,10-12,17H;1-9,13H;2*1H;/q;;;;+2/p-2. The summed E-state index contributed by atoms with van der Waals surface area (Å²) < 4.78 is 19.9. The Kier molecular flexibility index (Phi) is 9.57. The van der Waals surface area contributed by atoms with Crippen molar-refractivity contribution < 1.29 is 52.4 Å². The smallest absolute Gasteiger partial charge is 1.00 e. The van der Waals surface area contributed by atoms with Crippen molar-refractivity contribution in [2.45, 2.75) is 11.8 Å². The fourth-order valence-corrected chi connectivity index (χ4v) is 14.7. The number of benzene rings is 5. The first-order valence-corrected chi connectivity index (χ1v) is 19.5. The van der Waals surface area contributed by atoms with E-state index in [0.717, 1.165) is 0 Å². The van der Waals surface area contributed by atoms with Crippen molar-refractivity contribution in [3.05, 3.63) is 162 Å². The van der Waals surface area contributed by atoms with Gasteiger partial charge in [-0.25, -0.2) is 0 Å². The SMILES string of the molecule is Fc1ccc(P2c3ccc(cc3)C3[C]([Zr+2][C]4=Cc5cccc(I)c5C4c4ccccc4)=Cc4c2ccc(I)c43)cc1.[Cl-].[Cl-]. The molecule has 2 heterocycles. The normalized spacial score (nSPS) is 18.6. The van der Waals surface area contributed by atoms with Gasteiger partial charge in [0.2, 0.25) is 0 Å². The maximum absolute atomic E-state index is 14.0. The van der Waals surface area contributed by atoms with Crippen LogP contribution in [0.2, 0.25) is 0 Å². The van der Waals surface area contributed by atoms with Crippen LogP contribution in [-0.2, 0) is 23.2 Å². The van der Waals surface area contributed by atoms with Gasteiger partial charge in [0.25, 0.3) is 0 Å². The van der Waals surface area contributed by atoms with E-state index in [-0.39, 0.29) is 30.6 Å². The molecule has 43 heavy (non-hydrogen) atoms. The molecule has 0 spiro atoms. The first-order valence-electron chi connectivity index (χ1n) is 13.6. The molecule has 5 aromatic rings. The maximum atomic E-state index is 14.0. The molecule has 7 heteroatoms. The molecule has 210 valence electrons. The van der Waals surface area contributed by atoms with Crippen molar-refractivity contribution in [2.75, 3.05) is 0 Å². The minimum absolute atomic E-state index is 0. The second-order valence-corrected chi connectivity index (χ2v) is 18.6. The summed E-state index contributed by atoms with van der Waals surface area (Å²) in [6, 6.07) is 39.1. The van der Waals surface area contributed by atoms with E-state index in [9.17, 15) is 4.39 Å². The van der Waals surface area contributed by atoms with Crippen LogP contribution in [-0.4, -0.2) is 0 Å². The predicted molar refractivity (Wildman–Crippen MR) is 183 cm³/mol. The molecular weight excluding hydrogens is 898 g/mol. The van der Waals surface area contributed by atoms with E-state index in [0.29, 0.717) is 11.8 Å². The Morgan fingerprint density at radius 1 is 0.581 bits per heavy atom. The summed E-state index contributed by atoms with van der Waals surface area (Å²) in [6.07, 6.45) is 5.10. The molecule has 0 fully saturated rings. The van der Waals surface area contributed by atoms with Gasteiger partial charge in [0.1, 0.15) is 0 Å². The summed E-state index contributed by atoms with van der Waals surface area (Å²) in [5, 5.41) is 3.92. The monoisotopic (exact) mass is 918 g/mol. The fourth-order valence-electron chi connectivity index (χ4n) is 6.58. The zero-order valence-electron chi connectivity index (χ0n) is 22.5. The van der Waals surface area contributed by atoms with Crippen LogP contribution in [0, 0.1) is 13.0 Å². The van der Waals surface area contributed by atoms with Gasteiger partial charge in [-0.2, -0.15) is 0 Å². The Bertz CT molecular complexity index is 1910. The molecule has 0 N–H and O–H groups in total. The summed E-state index contributed by atoms with van der Waals surface area (Å²) in [6.45, 7) is 0. The topological polar surface area (TPSA) is 0 Å². The first kappa shape index (κ1) is 31.8. The molecule has 0 amide bonds. The number of hydrogen-bond acceptors (Lipinski definition) is 0. The van der Waals surface area contributed by atoms with E-state index in [1.165, 1.54) is 56.4 Å². The van der Waals surface area contributed by atoms with Gasteiger partial charge in [-0.1, -0.05) is 0 Å². The van der Waals surface area contributed by atoms with Crippen molar-refractivity contribution in [1.29, 1.82) is 0 Å². The molecule has 0 aromatic heterocycles. The molecule has 5 aromatic carbocycles. The van der Waals surface area contributed by atoms with Crippen molar-refractivity contribution in [2.24, 2.45) is 0 Å². The minimum Gasteiger partial charge on any atom is -1.00 e. The van der Waals surface area contributed by atoms with Crippen LogP contribution >= 0.6 is 53.1 Å². The number of halogens is 5. The third-order valence-corrected chi connectivity index (χ3v) is 16.3. The maximum Gasteiger partial charge on any atom is -1.00 e. The van der Waals surface area contributed by atoms with Crippen LogP contribution in [0.15, 0.2) is 116 Å². The van der Waals surface area contributed by atoms with Crippen molar-refractivity contribution >= 4 is 81.2 Å². The van der Waals surface area contributed by atoms with E-state index >= 15 is 0 Å². The van der Waals surface area contributed by atoms with Gasteiger partial charge < -0.3 is 24.8 Å². The third kappa shape index (κ3) is 5.51. The predicted octanol–water partition coefficient (Wildman–Crippen LogP) is 2.87. The Labute approximate surface area is 304 Å². The van der Waals surface area contributed by atoms with E-state index < -0.39 is 31.2 Å². The summed E-state index contributed by atoms with van der Waals surface area (Å²) >= 11 is 3.91. The zero-order chi connectivity index (χ0) is 27.7. The molecule has 9 rings (SSSR count). The average Bonchev–Trinajstić information content (AvgIpc) is 3.57. The van der Waals surface area contributed by atoms with Crippen LogP contribution in [0.3, 0.4) is 0 Å². The summed E-state index contributed by atoms with van der Waals surface area (Å²) in [5.41, 5.74) is 8.54. The first-order chi connectivity index (χ1) is 20.1. The molecule has 3 unspecified atom stereocenters. The van der Waals surface area contributed by atoms with Crippen LogP contribution in [0.1, 0.15) is 45.2 Å². The summed E-state index contributed by atoms with van der Waals surface area (Å²) in [5.74, 6) is 0.460. The third-order valence-electron chi connectivity index (χ3n) is 8.34. The molecule has 6 bridgehead atoms. The number of hydrogen-bond donors (Lipinski definition) is 0. The molecule has 2 aliphatic carbocycles. The quantitative estimate of drug-likeness (QED) is 0.193. The molecule has 0 nitrogen and oxygen atoms in total. The van der Waals surface area contributed by atoms with Crippen molar-refractivity contribution in [3.8, 4) is 0 Å². The molecular formula is C36H22Cl2FI2PZr. The van der Waals surface area contributed by atoms with E-state index in [4.69, 9.17) is 0 Å². The van der Waals surface area contributed by atoms with Gasteiger partial charge >= 0.3 is 283 Å². The van der Waals surface area contributed by atoms with Gasteiger partial charge in [-0.15, -0.1) is 0 Å². The van der Waals surface area contributed by atoms with Crippen LogP contribution < -0.4 is 40.7 Å². The van der Waals surface area contributed by atoms with Gasteiger partial charge in [-0.05, 0) is 0 Å². The van der Waals surface area contributed by atoms with Gasteiger partial charge in [0.15, 0.2) is 0 Å². The zero-order valence-corrected chi connectivity index (χ0v) is 31.7. The second kappa shape index (κ2) is 12.9. The van der Waals surface area contributed by atoms with Gasteiger partial charge in [0.05, 0.1) is 0 Å². The van der Waals surface area contributed by atoms with E-state index in [1.807, 2.05) is 12.1 Å². The molecule has 4 aliphatic rings.